The van der Waals surface area contributed by atoms with Gasteiger partial charge in [-0.15, -0.1) is 0 Å². The number of aliphatic carboxylic acids is 3. The van der Waals surface area contributed by atoms with E-state index in [0.29, 0.717) is 0 Å². The van der Waals surface area contributed by atoms with Gasteiger partial charge in [-0.3, -0.25) is 43.2 Å². The van der Waals surface area contributed by atoms with Crippen molar-refractivity contribution >= 4 is 53.2 Å². The topological polar surface area (TPSA) is 286 Å². The Morgan fingerprint density at radius 3 is 1.33 bits per heavy atom. The highest BCUT2D eigenvalue weighted by atomic mass is 16.4. The second-order valence-electron chi connectivity index (χ2n) is 9.68. The van der Waals surface area contributed by atoms with E-state index in [-0.39, 0.29) is 12.6 Å². The molecule has 0 fully saturated rings. The maximum absolute atomic E-state index is 12.8. The molecule has 0 heterocycles. The molecular weight excluding hydrogens is 564 g/mol. The van der Waals surface area contributed by atoms with Crippen molar-refractivity contribution < 1.29 is 58.5 Å². The van der Waals surface area contributed by atoms with Gasteiger partial charge in [0, 0.05) is 12.0 Å². The number of carbonyl (C=O) groups excluding carboxylic acids is 6. The first-order valence-corrected chi connectivity index (χ1v) is 12.8. The lowest BCUT2D eigenvalue weighted by Crippen LogP contribution is -2.57. The van der Waals surface area contributed by atoms with E-state index in [1.54, 1.807) is 0 Å². The largest absolute Gasteiger partial charge is 0.481 e. The molecule has 3 atom stereocenters. The third kappa shape index (κ3) is 16.5. The summed E-state index contributed by atoms with van der Waals surface area (Å²) in [7, 11) is 0. The predicted octanol–water partition coefficient (Wildman–Crippen LogP) is -3.68. The minimum absolute atomic E-state index is 0.0286. The fourth-order valence-electron chi connectivity index (χ4n) is 3.14. The van der Waals surface area contributed by atoms with Gasteiger partial charge in [-0.05, 0) is 0 Å². The fourth-order valence-corrected chi connectivity index (χ4v) is 3.14. The van der Waals surface area contributed by atoms with Gasteiger partial charge in [0.2, 0.25) is 29.5 Å². The van der Waals surface area contributed by atoms with Gasteiger partial charge in [-0.2, -0.15) is 0 Å². The van der Waals surface area contributed by atoms with Crippen molar-refractivity contribution in [3.05, 3.63) is 0 Å². The van der Waals surface area contributed by atoms with Crippen LogP contribution in [0, 0.1) is 5.92 Å². The lowest BCUT2D eigenvalue weighted by molar-refractivity contribution is -0.144. The molecular formula is C24H38N6O12. The minimum Gasteiger partial charge on any atom is -0.481 e. The van der Waals surface area contributed by atoms with Crippen molar-refractivity contribution in [1.29, 1.82) is 0 Å². The predicted molar refractivity (Wildman–Crippen MR) is 142 cm³/mol. The highest BCUT2D eigenvalue weighted by Crippen LogP contribution is 2.06. The molecule has 0 aliphatic rings. The van der Waals surface area contributed by atoms with Crippen molar-refractivity contribution in [2.75, 3.05) is 19.6 Å². The van der Waals surface area contributed by atoms with Gasteiger partial charge >= 0.3 is 17.9 Å². The summed E-state index contributed by atoms with van der Waals surface area (Å²) in [6.45, 7) is 5.27. The Balaban J connectivity index is 5.37. The van der Waals surface area contributed by atoms with Crippen LogP contribution in [0.3, 0.4) is 0 Å². The zero-order valence-corrected chi connectivity index (χ0v) is 23.6. The number of amides is 5. The number of carboxylic acid groups (broad SMARTS) is 3. The minimum atomic E-state index is -1.88. The summed E-state index contributed by atoms with van der Waals surface area (Å²) in [5, 5.41) is 40.8. The van der Waals surface area contributed by atoms with E-state index in [4.69, 9.17) is 10.2 Å². The summed E-state index contributed by atoms with van der Waals surface area (Å²) in [5.41, 5.74) is 0. The molecule has 0 aliphatic heterocycles. The van der Waals surface area contributed by atoms with Gasteiger partial charge in [-0.25, -0.2) is 0 Å². The van der Waals surface area contributed by atoms with Crippen molar-refractivity contribution in [2.24, 2.45) is 5.92 Å². The third-order valence-electron chi connectivity index (χ3n) is 5.21. The summed E-state index contributed by atoms with van der Waals surface area (Å²) in [4.78, 5) is 107. The van der Waals surface area contributed by atoms with Crippen LogP contribution in [0.2, 0.25) is 0 Å². The SMILES string of the molecule is CC(C)NCC(=O)NCC(=O)NCC(=O)NC(CC(=O)O)C(=O)NC(CC(=O)O)C(=O)NC(CC(=O)O)C(=O)C(C)C. The quantitative estimate of drug-likeness (QED) is 0.0650. The van der Waals surface area contributed by atoms with E-state index in [0.717, 1.165) is 0 Å². The summed E-state index contributed by atoms with van der Waals surface area (Å²) in [6, 6.07) is -5.23. The van der Waals surface area contributed by atoms with E-state index in [9.17, 15) is 48.3 Å². The molecule has 0 saturated carbocycles. The van der Waals surface area contributed by atoms with Crippen LogP contribution in [0.25, 0.3) is 0 Å². The molecule has 18 heteroatoms. The molecule has 0 aromatic rings. The van der Waals surface area contributed by atoms with E-state index in [2.05, 4.69) is 21.3 Å². The molecule has 3 unspecified atom stereocenters. The second kappa shape index (κ2) is 18.7. The lowest BCUT2D eigenvalue weighted by Gasteiger charge is -2.24. The summed E-state index contributed by atoms with van der Waals surface area (Å²) < 4.78 is 0. The van der Waals surface area contributed by atoms with Crippen molar-refractivity contribution in [1.82, 2.24) is 31.9 Å². The van der Waals surface area contributed by atoms with Gasteiger partial charge in [0.15, 0.2) is 5.78 Å². The molecule has 9 N–H and O–H groups in total. The summed E-state index contributed by atoms with van der Waals surface area (Å²) >= 11 is 0. The molecule has 42 heavy (non-hydrogen) atoms. The normalized spacial score (nSPS) is 12.8. The van der Waals surface area contributed by atoms with Gasteiger partial charge < -0.3 is 47.2 Å². The molecule has 0 aromatic carbocycles. The fraction of sp³-hybridized carbons (Fsp3) is 0.625. The zero-order chi connectivity index (χ0) is 32.6. The average molecular weight is 603 g/mol. The molecule has 18 nitrogen and oxygen atoms in total. The van der Waals surface area contributed by atoms with Crippen LogP contribution in [0.1, 0.15) is 47.0 Å². The summed E-state index contributed by atoms with van der Waals surface area (Å²) in [5.74, 6) is -10.7. The number of carboxylic acids is 3. The van der Waals surface area contributed by atoms with Crippen LogP contribution in [0.15, 0.2) is 0 Å². The molecule has 0 aromatic heterocycles. The first kappa shape index (κ1) is 37.4. The van der Waals surface area contributed by atoms with Gasteiger partial charge in [0.05, 0.1) is 44.9 Å². The molecule has 0 radical (unpaired) electrons. The molecule has 0 aliphatic carbocycles. The van der Waals surface area contributed by atoms with Gasteiger partial charge in [-0.1, -0.05) is 27.7 Å². The van der Waals surface area contributed by atoms with E-state index >= 15 is 0 Å². The van der Waals surface area contributed by atoms with Crippen LogP contribution in [-0.4, -0.2) is 112 Å². The Hall–Kier alpha value is -4.61. The van der Waals surface area contributed by atoms with E-state index in [1.165, 1.54) is 13.8 Å². The maximum atomic E-state index is 12.8. The first-order chi connectivity index (χ1) is 19.4. The van der Waals surface area contributed by atoms with E-state index < -0.39 is 110 Å². The standard InChI is InChI=1S/C24H38N6O12/c1-11(2)22(40)13(5-19(34)35)29-24(42)15(7-21(38)39)30-23(41)14(6-20(36)37)28-18(33)10-27-17(32)9-26-16(31)8-25-12(3)4/h11-15,25H,5-10H2,1-4H3,(H,26,31)(H,27,32)(H,28,33)(H,29,42)(H,30,41)(H,34,35)(H,36,37)(H,38,39). The van der Waals surface area contributed by atoms with E-state index in [1.807, 2.05) is 24.5 Å². The molecule has 236 valence electrons. The highest BCUT2D eigenvalue weighted by Gasteiger charge is 2.33. The number of ketones is 1. The van der Waals surface area contributed by atoms with Crippen molar-refractivity contribution in [2.45, 2.75) is 71.1 Å². The Kier molecular flexibility index (Phi) is 16.6. The van der Waals surface area contributed by atoms with Crippen molar-refractivity contribution in [3.63, 3.8) is 0 Å². The number of hydrogen-bond acceptors (Lipinski definition) is 10. The van der Waals surface area contributed by atoms with Crippen LogP contribution in [0.4, 0.5) is 0 Å². The Labute approximate surface area is 240 Å². The van der Waals surface area contributed by atoms with Crippen LogP contribution < -0.4 is 31.9 Å². The second-order valence-corrected chi connectivity index (χ2v) is 9.68. The molecule has 0 rings (SSSR count). The highest BCUT2D eigenvalue weighted by molar-refractivity contribution is 5.98. The Morgan fingerprint density at radius 2 is 0.905 bits per heavy atom. The van der Waals surface area contributed by atoms with Crippen LogP contribution in [-0.2, 0) is 43.2 Å². The lowest BCUT2D eigenvalue weighted by atomic mass is 9.98. The van der Waals surface area contributed by atoms with Crippen LogP contribution >= 0.6 is 0 Å². The van der Waals surface area contributed by atoms with Gasteiger partial charge in [0.25, 0.3) is 0 Å². The van der Waals surface area contributed by atoms with Crippen molar-refractivity contribution in [3.8, 4) is 0 Å². The molecule has 0 saturated heterocycles. The third-order valence-corrected chi connectivity index (χ3v) is 5.21. The number of rotatable bonds is 20. The average Bonchev–Trinajstić information content (AvgIpc) is 2.86. The van der Waals surface area contributed by atoms with Crippen LogP contribution in [0.5, 0.6) is 0 Å². The summed E-state index contributed by atoms with van der Waals surface area (Å²) in [6.07, 6.45) is -2.85. The number of carbonyl (C=O) groups is 9. The molecule has 0 bridgehead atoms. The number of hydrogen-bond donors (Lipinski definition) is 9. The number of Topliss-reactive ketones (excluding diaryl/α,β-unsaturated/α-hetero) is 1. The molecule has 0 spiro atoms. The molecule has 5 amide bonds. The maximum Gasteiger partial charge on any atom is 0.305 e. The number of nitrogens with one attached hydrogen (secondary N) is 6. The first-order valence-electron chi connectivity index (χ1n) is 12.8. The Bertz CT molecular complexity index is 1040. The monoisotopic (exact) mass is 602 g/mol. The zero-order valence-electron chi connectivity index (χ0n) is 23.6. The van der Waals surface area contributed by atoms with Gasteiger partial charge in [0.1, 0.15) is 12.1 Å². The Morgan fingerprint density at radius 1 is 0.524 bits per heavy atom. The smallest absolute Gasteiger partial charge is 0.305 e.